The Hall–Kier alpha value is -1.11. The van der Waals surface area contributed by atoms with Crippen LogP contribution in [0, 0.1) is 6.92 Å². The van der Waals surface area contributed by atoms with Gasteiger partial charge in [-0.05, 0) is 27.2 Å². The molecule has 0 aliphatic carbocycles. The van der Waals surface area contributed by atoms with Crippen molar-refractivity contribution in [1.82, 2.24) is 24.9 Å². The zero-order valence-corrected chi connectivity index (χ0v) is 15.1. The van der Waals surface area contributed by atoms with E-state index in [9.17, 15) is 4.79 Å². The van der Waals surface area contributed by atoms with Gasteiger partial charge in [0, 0.05) is 57.0 Å². The van der Waals surface area contributed by atoms with Crippen LogP contribution in [0.15, 0.2) is 6.20 Å². The van der Waals surface area contributed by atoms with Crippen LogP contribution in [-0.2, 0) is 0 Å². The highest BCUT2D eigenvalue weighted by Gasteiger charge is 2.32. The van der Waals surface area contributed by atoms with E-state index in [-0.39, 0.29) is 24.4 Å². The molecular weight excluding hydrogens is 314 g/mol. The number of amides is 1. The molecule has 1 N–H and O–H groups in total. The summed E-state index contributed by atoms with van der Waals surface area (Å²) in [4.78, 5) is 17.3. The first kappa shape index (κ1) is 18.2. The molecule has 1 aromatic heterocycles. The van der Waals surface area contributed by atoms with Crippen LogP contribution in [0.2, 0.25) is 0 Å². The molecule has 0 aromatic carbocycles. The van der Waals surface area contributed by atoms with Crippen molar-refractivity contribution in [2.75, 3.05) is 39.3 Å². The molecule has 3 heterocycles. The molecule has 0 bridgehead atoms. The first-order valence-electron chi connectivity index (χ1n) is 8.36. The average molecular weight is 342 g/mol. The third-order valence-electron chi connectivity index (χ3n) is 4.88. The molecule has 0 radical (unpaired) electrons. The van der Waals surface area contributed by atoms with E-state index in [0.29, 0.717) is 6.04 Å². The number of rotatable bonds is 3. The number of nitrogens with one attached hydrogen (secondary N) is 1. The van der Waals surface area contributed by atoms with Gasteiger partial charge in [-0.2, -0.15) is 5.10 Å². The molecule has 23 heavy (non-hydrogen) atoms. The highest BCUT2D eigenvalue weighted by Crippen LogP contribution is 2.21. The van der Waals surface area contributed by atoms with E-state index in [1.54, 1.807) is 6.20 Å². The number of halogens is 1. The Labute approximate surface area is 144 Å². The summed E-state index contributed by atoms with van der Waals surface area (Å²) in [6.45, 7) is 12.2. The molecule has 130 valence electrons. The second-order valence-corrected chi connectivity index (χ2v) is 6.66. The van der Waals surface area contributed by atoms with Gasteiger partial charge in [-0.1, -0.05) is 0 Å². The van der Waals surface area contributed by atoms with Gasteiger partial charge in [0.05, 0.1) is 11.8 Å². The first-order chi connectivity index (χ1) is 10.6. The molecule has 1 aromatic rings. The number of nitrogens with zero attached hydrogens (tertiary/aromatic N) is 4. The summed E-state index contributed by atoms with van der Waals surface area (Å²) in [6, 6.07) is 0.806. The van der Waals surface area contributed by atoms with Crippen LogP contribution in [0.1, 0.15) is 42.4 Å². The molecule has 2 aliphatic heterocycles. The van der Waals surface area contributed by atoms with Gasteiger partial charge >= 0.3 is 0 Å². The molecular formula is C16H28ClN5O. The summed E-state index contributed by atoms with van der Waals surface area (Å²) in [5.41, 5.74) is 1.74. The fraction of sp³-hybridized carbons (Fsp3) is 0.750. The number of hydrogen-bond donors (Lipinski definition) is 1. The van der Waals surface area contributed by atoms with Gasteiger partial charge in [0.1, 0.15) is 0 Å². The van der Waals surface area contributed by atoms with Crippen LogP contribution in [0.4, 0.5) is 0 Å². The molecule has 2 aliphatic rings. The summed E-state index contributed by atoms with van der Waals surface area (Å²) >= 11 is 0. The fourth-order valence-electron chi connectivity index (χ4n) is 3.60. The fourth-order valence-corrected chi connectivity index (χ4v) is 3.60. The summed E-state index contributed by atoms with van der Waals surface area (Å²) in [7, 11) is 0. The maximum atomic E-state index is 12.8. The van der Waals surface area contributed by atoms with Crippen LogP contribution in [0.5, 0.6) is 0 Å². The second kappa shape index (κ2) is 7.64. The number of aromatic nitrogens is 2. The number of carbonyl (C=O) groups excluding carboxylic acids is 1. The zero-order chi connectivity index (χ0) is 15.7. The van der Waals surface area contributed by atoms with Crippen molar-refractivity contribution in [2.45, 2.75) is 39.3 Å². The van der Waals surface area contributed by atoms with Crippen molar-refractivity contribution in [3.8, 4) is 0 Å². The number of hydrogen-bond acceptors (Lipinski definition) is 4. The van der Waals surface area contributed by atoms with E-state index in [4.69, 9.17) is 0 Å². The largest absolute Gasteiger partial charge is 0.337 e. The lowest BCUT2D eigenvalue weighted by molar-refractivity contribution is 0.0772. The molecule has 7 heteroatoms. The molecule has 0 saturated carbocycles. The van der Waals surface area contributed by atoms with E-state index >= 15 is 0 Å². The summed E-state index contributed by atoms with van der Waals surface area (Å²) in [5.74, 6) is 0.141. The van der Waals surface area contributed by atoms with Gasteiger partial charge in [0.25, 0.3) is 5.91 Å². The second-order valence-electron chi connectivity index (χ2n) is 6.66. The van der Waals surface area contributed by atoms with Crippen molar-refractivity contribution < 1.29 is 4.79 Å². The van der Waals surface area contributed by atoms with Crippen LogP contribution >= 0.6 is 12.4 Å². The number of likely N-dealkylation sites (tertiary alicyclic amines) is 1. The molecule has 3 rings (SSSR count). The first-order valence-corrected chi connectivity index (χ1v) is 8.36. The van der Waals surface area contributed by atoms with E-state index in [1.807, 2.05) is 16.5 Å². The normalized spacial score (nSPS) is 22.4. The van der Waals surface area contributed by atoms with E-state index in [2.05, 4.69) is 29.2 Å². The van der Waals surface area contributed by atoms with Gasteiger partial charge in [0.2, 0.25) is 0 Å². The lowest BCUT2D eigenvalue weighted by atomic mass is 10.2. The third-order valence-corrected chi connectivity index (χ3v) is 4.88. The maximum absolute atomic E-state index is 12.8. The van der Waals surface area contributed by atoms with Crippen LogP contribution in [0.25, 0.3) is 0 Å². The Morgan fingerprint density at radius 3 is 2.61 bits per heavy atom. The van der Waals surface area contributed by atoms with E-state index < -0.39 is 0 Å². The molecule has 2 fully saturated rings. The summed E-state index contributed by atoms with van der Waals surface area (Å²) < 4.78 is 1.93. The van der Waals surface area contributed by atoms with Crippen molar-refractivity contribution in [3.05, 3.63) is 17.5 Å². The number of piperazine rings is 1. The van der Waals surface area contributed by atoms with Crippen molar-refractivity contribution >= 4 is 18.3 Å². The van der Waals surface area contributed by atoms with E-state index in [0.717, 1.165) is 56.9 Å². The molecule has 1 amide bonds. The standard InChI is InChI=1S/C16H27N5O.ClH/c1-12(2)21-13(3)15(10-18-21)16(22)20-7-4-14(11-20)19-8-5-17-6-9-19;/h10,12,14,17H,4-9,11H2,1-3H3;1H. The lowest BCUT2D eigenvalue weighted by Crippen LogP contribution is -2.49. The Kier molecular flexibility index (Phi) is 6.06. The number of carbonyl (C=O) groups is 1. The van der Waals surface area contributed by atoms with Crippen molar-refractivity contribution in [2.24, 2.45) is 0 Å². The average Bonchev–Trinajstić information content (AvgIpc) is 3.14. The Morgan fingerprint density at radius 2 is 2.00 bits per heavy atom. The molecule has 2 saturated heterocycles. The minimum Gasteiger partial charge on any atom is -0.337 e. The van der Waals surface area contributed by atoms with Crippen molar-refractivity contribution in [1.29, 1.82) is 0 Å². The Morgan fingerprint density at radius 1 is 1.30 bits per heavy atom. The van der Waals surface area contributed by atoms with Gasteiger partial charge in [-0.3, -0.25) is 14.4 Å². The van der Waals surface area contributed by atoms with E-state index in [1.165, 1.54) is 0 Å². The third kappa shape index (κ3) is 3.70. The Balaban J connectivity index is 0.00000192. The SMILES string of the molecule is Cc1c(C(=O)N2CCC(N3CCNCC3)C2)cnn1C(C)C.Cl. The van der Waals surface area contributed by atoms with Gasteiger partial charge in [-0.15, -0.1) is 12.4 Å². The molecule has 1 unspecified atom stereocenters. The van der Waals surface area contributed by atoms with Gasteiger partial charge in [-0.25, -0.2) is 0 Å². The smallest absolute Gasteiger partial charge is 0.257 e. The van der Waals surface area contributed by atoms with Gasteiger partial charge in [0.15, 0.2) is 0 Å². The highest BCUT2D eigenvalue weighted by molar-refractivity contribution is 5.95. The quantitative estimate of drug-likeness (QED) is 0.900. The molecule has 6 nitrogen and oxygen atoms in total. The topological polar surface area (TPSA) is 53.4 Å². The lowest BCUT2D eigenvalue weighted by Gasteiger charge is -2.32. The zero-order valence-electron chi connectivity index (χ0n) is 14.3. The molecule has 1 atom stereocenters. The monoisotopic (exact) mass is 341 g/mol. The minimum atomic E-state index is 0. The maximum Gasteiger partial charge on any atom is 0.257 e. The highest BCUT2D eigenvalue weighted by atomic mass is 35.5. The van der Waals surface area contributed by atoms with Crippen LogP contribution < -0.4 is 5.32 Å². The van der Waals surface area contributed by atoms with Gasteiger partial charge < -0.3 is 10.2 Å². The predicted octanol–water partition coefficient (Wildman–Crippen LogP) is 1.31. The summed E-state index contributed by atoms with van der Waals surface area (Å²) in [5, 5.41) is 7.75. The summed E-state index contributed by atoms with van der Waals surface area (Å²) in [6.07, 6.45) is 2.82. The minimum absolute atomic E-state index is 0. The molecule has 0 spiro atoms. The Bertz CT molecular complexity index is 539. The predicted molar refractivity (Wildman–Crippen MR) is 93.3 cm³/mol. The van der Waals surface area contributed by atoms with Crippen LogP contribution in [0.3, 0.4) is 0 Å². The van der Waals surface area contributed by atoms with Crippen LogP contribution in [-0.4, -0.2) is 70.8 Å². The van der Waals surface area contributed by atoms with Crippen molar-refractivity contribution in [3.63, 3.8) is 0 Å².